The largest absolute Gasteiger partial charge is 0.453 e. The molecule has 0 atom stereocenters. The highest BCUT2D eigenvalue weighted by molar-refractivity contribution is 5.92. The monoisotopic (exact) mass is 257 g/mol. The van der Waals surface area contributed by atoms with Gasteiger partial charge in [-0.05, 0) is 38.4 Å². The molecule has 18 heavy (non-hydrogen) atoms. The summed E-state index contributed by atoms with van der Waals surface area (Å²) in [6, 6.07) is 0. The Hall–Kier alpha value is -1.14. The van der Waals surface area contributed by atoms with E-state index in [1.807, 2.05) is 6.92 Å². The van der Waals surface area contributed by atoms with E-state index < -0.39 is 6.09 Å². The summed E-state index contributed by atoms with van der Waals surface area (Å²) in [5, 5.41) is 5.50. The summed E-state index contributed by atoms with van der Waals surface area (Å²) in [6.07, 6.45) is 1.60. The number of hydrogen-bond acceptors (Lipinski definition) is 5. The van der Waals surface area contributed by atoms with Gasteiger partial charge in [0.25, 0.3) is 0 Å². The van der Waals surface area contributed by atoms with Crippen molar-refractivity contribution in [2.24, 2.45) is 5.92 Å². The Balaban J connectivity index is 2.31. The highest BCUT2D eigenvalue weighted by Gasteiger charge is 2.18. The third-order valence-corrected chi connectivity index (χ3v) is 3.22. The lowest BCUT2D eigenvalue weighted by Crippen LogP contribution is -2.43. The lowest BCUT2D eigenvalue weighted by atomic mass is 9.97. The van der Waals surface area contributed by atoms with E-state index in [0.29, 0.717) is 5.92 Å². The van der Waals surface area contributed by atoms with Gasteiger partial charge in [-0.3, -0.25) is 15.0 Å². The molecule has 6 heteroatoms. The van der Waals surface area contributed by atoms with Crippen LogP contribution in [0.25, 0.3) is 0 Å². The second-order valence-corrected chi connectivity index (χ2v) is 4.56. The molecule has 2 amide bonds. The Morgan fingerprint density at radius 2 is 2.06 bits per heavy atom. The van der Waals surface area contributed by atoms with Gasteiger partial charge in [0, 0.05) is 6.54 Å². The summed E-state index contributed by atoms with van der Waals surface area (Å²) in [4.78, 5) is 24.5. The fourth-order valence-electron chi connectivity index (χ4n) is 2.14. The third-order valence-electron chi connectivity index (χ3n) is 3.22. The van der Waals surface area contributed by atoms with Crippen molar-refractivity contribution in [1.82, 2.24) is 15.5 Å². The molecular weight excluding hydrogens is 234 g/mol. The maximum Gasteiger partial charge on any atom is 0.413 e. The highest BCUT2D eigenvalue weighted by atomic mass is 16.5. The number of carbonyl (C=O) groups excluding carboxylic acids is 2. The van der Waals surface area contributed by atoms with Gasteiger partial charge in [-0.25, -0.2) is 4.79 Å². The number of nitrogens with zero attached hydrogens (tertiary/aromatic N) is 1. The van der Waals surface area contributed by atoms with Crippen molar-refractivity contribution in [2.45, 2.75) is 19.8 Å². The van der Waals surface area contributed by atoms with Crippen molar-refractivity contribution >= 4 is 12.0 Å². The molecule has 1 rings (SSSR count). The highest BCUT2D eigenvalue weighted by Crippen LogP contribution is 2.13. The van der Waals surface area contributed by atoms with Gasteiger partial charge in [-0.15, -0.1) is 0 Å². The summed E-state index contributed by atoms with van der Waals surface area (Å²) in [7, 11) is 1.25. The molecule has 0 spiro atoms. The molecule has 1 fully saturated rings. The van der Waals surface area contributed by atoms with E-state index >= 15 is 0 Å². The predicted molar refractivity (Wildman–Crippen MR) is 68.3 cm³/mol. The lowest BCUT2D eigenvalue weighted by molar-refractivity contribution is -0.121. The number of likely N-dealkylation sites (N-methyl/N-ethyl adjacent to an activating group) is 1. The van der Waals surface area contributed by atoms with E-state index in [1.54, 1.807) is 0 Å². The van der Waals surface area contributed by atoms with E-state index in [4.69, 9.17) is 0 Å². The van der Waals surface area contributed by atoms with Crippen LogP contribution in [-0.4, -0.2) is 56.7 Å². The zero-order valence-electron chi connectivity index (χ0n) is 11.2. The normalized spacial score (nSPS) is 16.6. The third kappa shape index (κ3) is 5.46. The van der Waals surface area contributed by atoms with Crippen LogP contribution in [0.15, 0.2) is 0 Å². The maximum atomic E-state index is 11.6. The molecule has 0 unspecified atom stereocenters. The van der Waals surface area contributed by atoms with Crippen molar-refractivity contribution in [3.05, 3.63) is 0 Å². The van der Waals surface area contributed by atoms with Crippen LogP contribution in [0.2, 0.25) is 0 Å². The van der Waals surface area contributed by atoms with Gasteiger partial charge in [-0.2, -0.15) is 0 Å². The molecule has 0 aromatic rings. The Labute approximate surface area is 108 Å². The van der Waals surface area contributed by atoms with Gasteiger partial charge in [0.15, 0.2) is 0 Å². The number of carbonyl (C=O) groups is 2. The first-order chi connectivity index (χ1) is 8.65. The first-order valence-corrected chi connectivity index (χ1v) is 6.46. The zero-order valence-corrected chi connectivity index (χ0v) is 11.2. The molecule has 1 heterocycles. The smallest absolute Gasteiger partial charge is 0.413 e. The van der Waals surface area contributed by atoms with Gasteiger partial charge in [0.2, 0.25) is 5.91 Å². The molecule has 0 aromatic carbocycles. The Morgan fingerprint density at radius 1 is 1.39 bits per heavy atom. The maximum absolute atomic E-state index is 11.6. The number of nitrogens with one attached hydrogen (secondary N) is 2. The fourth-order valence-corrected chi connectivity index (χ4v) is 2.14. The predicted octanol–water partition coefficient (Wildman–Crippen LogP) is 0.191. The summed E-state index contributed by atoms with van der Waals surface area (Å²) in [6.45, 7) is 6.08. The standard InChI is InChI=1S/C12H23N3O3/c1-3-15(8-10-4-6-13-7-5-10)9-11(16)14-12(17)18-2/h10,13H,3-9H2,1-2H3,(H,14,16,17). The number of hydrogen-bond donors (Lipinski definition) is 2. The Kier molecular flexibility index (Phi) is 6.67. The van der Waals surface area contributed by atoms with Crippen LogP contribution in [0.1, 0.15) is 19.8 Å². The number of imide groups is 1. The molecule has 0 bridgehead atoms. The summed E-state index contributed by atoms with van der Waals surface area (Å²) in [5.41, 5.74) is 0. The molecule has 0 saturated carbocycles. The average Bonchev–Trinajstić information content (AvgIpc) is 2.38. The SMILES string of the molecule is CCN(CC(=O)NC(=O)OC)CC1CCNCC1. The molecule has 1 aliphatic rings. The van der Waals surface area contributed by atoms with E-state index in [-0.39, 0.29) is 12.5 Å². The first-order valence-electron chi connectivity index (χ1n) is 6.46. The molecule has 1 aliphatic heterocycles. The molecule has 0 aliphatic carbocycles. The van der Waals surface area contributed by atoms with Crippen LogP contribution in [0, 0.1) is 5.92 Å². The lowest BCUT2D eigenvalue weighted by Gasteiger charge is -2.28. The van der Waals surface area contributed by atoms with E-state index in [9.17, 15) is 9.59 Å². The average molecular weight is 257 g/mol. The number of ether oxygens (including phenoxy) is 1. The molecule has 0 aromatic heterocycles. The van der Waals surface area contributed by atoms with Crippen LogP contribution in [0.5, 0.6) is 0 Å². The van der Waals surface area contributed by atoms with Gasteiger partial charge in [0.05, 0.1) is 13.7 Å². The summed E-state index contributed by atoms with van der Waals surface area (Å²) < 4.78 is 4.39. The van der Waals surface area contributed by atoms with Gasteiger partial charge in [-0.1, -0.05) is 6.92 Å². The van der Waals surface area contributed by atoms with E-state index in [2.05, 4.69) is 20.3 Å². The van der Waals surface area contributed by atoms with Crippen LogP contribution >= 0.6 is 0 Å². The molecule has 104 valence electrons. The summed E-state index contributed by atoms with van der Waals surface area (Å²) >= 11 is 0. The number of amides is 2. The minimum Gasteiger partial charge on any atom is -0.453 e. The molecular formula is C12H23N3O3. The fraction of sp³-hybridized carbons (Fsp3) is 0.833. The molecule has 1 saturated heterocycles. The van der Waals surface area contributed by atoms with Crippen molar-refractivity contribution < 1.29 is 14.3 Å². The van der Waals surface area contributed by atoms with Gasteiger partial charge >= 0.3 is 6.09 Å². The number of alkyl carbamates (subject to hydrolysis) is 1. The summed E-state index contributed by atoms with van der Waals surface area (Å²) in [5.74, 6) is 0.328. The van der Waals surface area contributed by atoms with Crippen molar-refractivity contribution in [1.29, 1.82) is 0 Å². The first kappa shape index (κ1) is 14.9. The minimum absolute atomic E-state index is 0.246. The van der Waals surface area contributed by atoms with E-state index in [1.165, 1.54) is 7.11 Å². The van der Waals surface area contributed by atoms with E-state index in [0.717, 1.165) is 39.0 Å². The van der Waals surface area contributed by atoms with Gasteiger partial charge in [0.1, 0.15) is 0 Å². The van der Waals surface area contributed by atoms with Crippen LogP contribution in [-0.2, 0) is 9.53 Å². The van der Waals surface area contributed by atoms with Gasteiger partial charge < -0.3 is 10.1 Å². The molecule has 2 N–H and O–H groups in total. The van der Waals surface area contributed by atoms with Crippen molar-refractivity contribution in [3.63, 3.8) is 0 Å². The topological polar surface area (TPSA) is 70.7 Å². The number of methoxy groups -OCH3 is 1. The molecule has 6 nitrogen and oxygen atoms in total. The number of piperidine rings is 1. The van der Waals surface area contributed by atoms with Crippen LogP contribution < -0.4 is 10.6 Å². The zero-order chi connectivity index (χ0) is 13.4. The van der Waals surface area contributed by atoms with Crippen LogP contribution in [0.4, 0.5) is 4.79 Å². The minimum atomic E-state index is -0.696. The van der Waals surface area contributed by atoms with Crippen molar-refractivity contribution in [2.75, 3.05) is 39.8 Å². The van der Waals surface area contributed by atoms with Crippen LogP contribution in [0.3, 0.4) is 0 Å². The Bertz CT molecular complexity index is 278. The quantitative estimate of drug-likeness (QED) is 0.736. The second-order valence-electron chi connectivity index (χ2n) is 4.56. The number of rotatable bonds is 5. The molecule has 0 radical (unpaired) electrons. The Morgan fingerprint density at radius 3 is 2.61 bits per heavy atom. The second kappa shape index (κ2) is 8.05. The van der Waals surface area contributed by atoms with Crippen molar-refractivity contribution in [3.8, 4) is 0 Å².